The molecule has 0 aromatic heterocycles. The van der Waals surface area contributed by atoms with Gasteiger partial charge in [-0.15, -0.1) is 0 Å². The highest BCUT2D eigenvalue weighted by Gasteiger charge is 2.40. The number of alkyl halides is 4. The van der Waals surface area contributed by atoms with Crippen LogP contribution in [0.4, 0.5) is 22.4 Å². The number of hydrogen-bond acceptors (Lipinski definition) is 5. The summed E-state index contributed by atoms with van der Waals surface area (Å²) in [6.07, 6.45) is -0.376. The van der Waals surface area contributed by atoms with Crippen molar-refractivity contribution in [2.45, 2.75) is 89.5 Å². The molecular formula is C23H39F4N3O3. The lowest BCUT2D eigenvalue weighted by Crippen LogP contribution is -2.45. The molecule has 6 N–H and O–H groups in total. The average Bonchev–Trinajstić information content (AvgIpc) is 2.65. The standard InChI is InChI=1S/C15H19F2NO2.C6H12F2N2.CH4O.CH4/c1-11-7-13(9-15(16,17)8-11)18-14(19)20-10-12-5-3-2-4-6-12;7-6(8)2-4(9)1-5(10)3-6;1-2;/h2-6,11,13H,7-10H2,1H3,(H,18,19);4-5H,1-3,9-10H2;2H,1H3;1H4. The Morgan fingerprint density at radius 1 is 1.00 bits per heavy atom. The first kappa shape index (κ1) is 31.1. The van der Waals surface area contributed by atoms with Gasteiger partial charge < -0.3 is 26.6 Å². The second kappa shape index (κ2) is 14.4. The van der Waals surface area contributed by atoms with E-state index in [1.807, 2.05) is 30.3 Å². The van der Waals surface area contributed by atoms with E-state index in [1.165, 1.54) is 0 Å². The first-order valence-electron chi connectivity index (χ1n) is 10.6. The molecule has 0 saturated heterocycles. The second-order valence-corrected chi connectivity index (χ2v) is 8.53. The minimum atomic E-state index is -2.70. The number of halogens is 4. The van der Waals surface area contributed by atoms with Gasteiger partial charge in [0.1, 0.15) is 6.61 Å². The van der Waals surface area contributed by atoms with Crippen LogP contribution in [0.2, 0.25) is 0 Å². The Labute approximate surface area is 194 Å². The van der Waals surface area contributed by atoms with Crippen LogP contribution < -0.4 is 16.8 Å². The second-order valence-electron chi connectivity index (χ2n) is 8.53. The molecule has 33 heavy (non-hydrogen) atoms. The summed E-state index contributed by atoms with van der Waals surface area (Å²) in [6.45, 7) is 1.92. The number of ether oxygens (including phenoxy) is 1. The third-order valence-electron chi connectivity index (χ3n) is 5.14. The Kier molecular flexibility index (Phi) is 13.5. The number of benzene rings is 1. The Morgan fingerprint density at radius 3 is 2.00 bits per heavy atom. The van der Waals surface area contributed by atoms with Crippen LogP contribution in [0.5, 0.6) is 0 Å². The van der Waals surface area contributed by atoms with Crippen molar-refractivity contribution in [2.24, 2.45) is 17.4 Å². The molecule has 1 aromatic rings. The number of carbonyl (C=O) groups is 1. The van der Waals surface area contributed by atoms with Crippen molar-refractivity contribution in [1.82, 2.24) is 5.32 Å². The fourth-order valence-electron chi connectivity index (χ4n) is 4.05. The van der Waals surface area contributed by atoms with Crippen molar-refractivity contribution in [3.8, 4) is 0 Å². The van der Waals surface area contributed by atoms with E-state index >= 15 is 0 Å². The quantitative estimate of drug-likeness (QED) is 0.477. The van der Waals surface area contributed by atoms with Gasteiger partial charge in [-0.2, -0.15) is 0 Å². The fourth-order valence-corrected chi connectivity index (χ4v) is 4.05. The Morgan fingerprint density at radius 2 is 1.52 bits per heavy atom. The van der Waals surface area contributed by atoms with Crippen LogP contribution in [-0.2, 0) is 11.3 Å². The summed E-state index contributed by atoms with van der Waals surface area (Å²) in [5.74, 6) is -5.43. The monoisotopic (exact) mass is 481 g/mol. The highest BCUT2D eigenvalue weighted by molar-refractivity contribution is 5.67. The zero-order chi connectivity index (χ0) is 24.4. The Balaban J connectivity index is 0.000000666. The number of nitrogens with one attached hydrogen (secondary N) is 1. The van der Waals surface area contributed by atoms with E-state index in [4.69, 9.17) is 21.3 Å². The first-order valence-corrected chi connectivity index (χ1v) is 10.6. The molecule has 0 radical (unpaired) electrons. The predicted molar refractivity (Wildman–Crippen MR) is 121 cm³/mol. The van der Waals surface area contributed by atoms with Crippen LogP contribution >= 0.6 is 0 Å². The van der Waals surface area contributed by atoms with Gasteiger partial charge in [0.2, 0.25) is 5.92 Å². The molecule has 3 rings (SSSR count). The highest BCUT2D eigenvalue weighted by atomic mass is 19.3. The third-order valence-corrected chi connectivity index (χ3v) is 5.14. The number of rotatable bonds is 3. The van der Waals surface area contributed by atoms with E-state index in [2.05, 4.69) is 5.32 Å². The summed E-state index contributed by atoms with van der Waals surface area (Å²) >= 11 is 0. The number of nitrogens with two attached hydrogens (primary N) is 2. The molecule has 2 aliphatic rings. The maximum atomic E-state index is 13.4. The van der Waals surface area contributed by atoms with Gasteiger partial charge >= 0.3 is 6.09 Å². The van der Waals surface area contributed by atoms with E-state index in [-0.39, 0.29) is 45.6 Å². The van der Waals surface area contributed by atoms with Crippen LogP contribution in [0.25, 0.3) is 0 Å². The van der Waals surface area contributed by atoms with E-state index in [9.17, 15) is 22.4 Å². The third kappa shape index (κ3) is 12.8. The minimum absolute atomic E-state index is 0. The van der Waals surface area contributed by atoms with Crippen LogP contribution in [-0.4, -0.2) is 48.3 Å². The fraction of sp³-hybridized carbons (Fsp3) is 0.696. The first-order chi connectivity index (χ1) is 14.9. The molecule has 0 bridgehead atoms. The number of aliphatic hydroxyl groups is 1. The number of aliphatic hydroxyl groups excluding tert-OH is 1. The molecule has 0 heterocycles. The van der Waals surface area contributed by atoms with Gasteiger partial charge in [-0.05, 0) is 24.3 Å². The summed E-state index contributed by atoms with van der Waals surface area (Å²) in [5.41, 5.74) is 11.5. The van der Waals surface area contributed by atoms with Crippen molar-refractivity contribution in [1.29, 1.82) is 0 Å². The molecule has 2 aliphatic carbocycles. The van der Waals surface area contributed by atoms with Gasteiger partial charge in [0.25, 0.3) is 5.92 Å². The smallest absolute Gasteiger partial charge is 0.407 e. The molecule has 10 heteroatoms. The predicted octanol–water partition coefficient (Wildman–Crippen LogP) is 4.44. The number of carbonyl (C=O) groups excluding carboxylic acids is 1. The normalized spacial score (nSPS) is 27.3. The van der Waals surface area contributed by atoms with Crippen molar-refractivity contribution < 1.29 is 32.2 Å². The van der Waals surface area contributed by atoms with Crippen molar-refractivity contribution in [2.75, 3.05) is 7.11 Å². The summed E-state index contributed by atoms with van der Waals surface area (Å²) in [4.78, 5) is 11.6. The Bertz CT molecular complexity index is 668. The van der Waals surface area contributed by atoms with E-state index in [0.717, 1.165) is 12.7 Å². The number of amides is 1. The van der Waals surface area contributed by atoms with Crippen molar-refractivity contribution >= 4 is 6.09 Å². The topological polar surface area (TPSA) is 111 Å². The van der Waals surface area contributed by atoms with Crippen molar-refractivity contribution in [3.63, 3.8) is 0 Å². The molecule has 2 fully saturated rings. The lowest BCUT2D eigenvalue weighted by molar-refractivity contribution is -0.0597. The molecule has 2 saturated carbocycles. The zero-order valence-electron chi connectivity index (χ0n) is 18.6. The van der Waals surface area contributed by atoms with Gasteiger partial charge in [0.15, 0.2) is 0 Å². The van der Waals surface area contributed by atoms with Gasteiger partial charge in [0, 0.05) is 50.9 Å². The van der Waals surface area contributed by atoms with E-state index < -0.39 is 36.1 Å². The van der Waals surface area contributed by atoms with Gasteiger partial charge in [0.05, 0.1) is 0 Å². The van der Waals surface area contributed by atoms with Crippen LogP contribution in [0, 0.1) is 5.92 Å². The molecule has 192 valence electrons. The molecule has 6 nitrogen and oxygen atoms in total. The van der Waals surface area contributed by atoms with Crippen molar-refractivity contribution in [3.05, 3.63) is 35.9 Å². The lowest BCUT2D eigenvalue weighted by Gasteiger charge is -2.33. The van der Waals surface area contributed by atoms with E-state index in [0.29, 0.717) is 12.8 Å². The lowest BCUT2D eigenvalue weighted by atomic mass is 9.84. The Hall–Kier alpha value is -1.91. The summed E-state index contributed by atoms with van der Waals surface area (Å²) in [5, 5.41) is 9.53. The molecule has 4 unspecified atom stereocenters. The molecular weight excluding hydrogens is 442 g/mol. The van der Waals surface area contributed by atoms with Gasteiger partial charge in [-0.3, -0.25) is 0 Å². The summed E-state index contributed by atoms with van der Waals surface area (Å²) in [6, 6.07) is 7.89. The highest BCUT2D eigenvalue weighted by Crippen LogP contribution is 2.36. The number of alkyl carbamates (subject to hydrolysis) is 1. The molecule has 0 aliphatic heterocycles. The van der Waals surface area contributed by atoms with Crippen LogP contribution in [0.1, 0.15) is 58.4 Å². The van der Waals surface area contributed by atoms with Gasteiger partial charge in [-0.25, -0.2) is 22.4 Å². The molecule has 4 atom stereocenters. The molecule has 1 aromatic carbocycles. The van der Waals surface area contributed by atoms with Gasteiger partial charge in [-0.1, -0.05) is 44.7 Å². The maximum absolute atomic E-state index is 13.4. The largest absolute Gasteiger partial charge is 0.445 e. The summed E-state index contributed by atoms with van der Waals surface area (Å²) in [7, 11) is 1.00. The zero-order valence-corrected chi connectivity index (χ0v) is 18.6. The van der Waals surface area contributed by atoms with E-state index in [1.54, 1.807) is 6.92 Å². The number of hydrogen-bond donors (Lipinski definition) is 4. The van der Waals surface area contributed by atoms with Crippen LogP contribution in [0.3, 0.4) is 0 Å². The van der Waals surface area contributed by atoms with Crippen LogP contribution in [0.15, 0.2) is 30.3 Å². The maximum Gasteiger partial charge on any atom is 0.407 e. The average molecular weight is 482 g/mol. The minimum Gasteiger partial charge on any atom is -0.445 e. The molecule has 0 spiro atoms. The summed E-state index contributed by atoms with van der Waals surface area (Å²) < 4.78 is 57.0. The molecule has 1 amide bonds. The SMILES string of the molecule is C.CC1CC(NC(=O)OCc2ccccc2)CC(F)(F)C1.CO.NC1CC(N)CC(F)(F)C1.